The summed E-state index contributed by atoms with van der Waals surface area (Å²) in [5.74, 6) is -2.66. The minimum atomic E-state index is -4.89. The van der Waals surface area contributed by atoms with Gasteiger partial charge in [-0.05, 0) is 69.8 Å². The summed E-state index contributed by atoms with van der Waals surface area (Å²) in [5, 5.41) is 23.1. The van der Waals surface area contributed by atoms with Crippen molar-refractivity contribution in [1.82, 2.24) is 29.8 Å². The van der Waals surface area contributed by atoms with Crippen LogP contribution in [0.5, 0.6) is 0 Å². The SMILES string of the molecule is CC(C)n1nccc1C(=O)N[C@H](C(=O)Nc1cnn(C[C@@H]2C[C@H](C(F)(F)F)N(C(=O)O)C2=O)c1)C(C1CC1)C1CC1. The predicted octanol–water partition coefficient (Wildman–Crippen LogP) is 3.29. The maximum atomic E-state index is 13.6. The molecule has 0 unspecified atom stereocenters. The molecule has 0 aromatic carbocycles. The number of rotatable bonds is 10. The molecule has 0 bridgehead atoms. The molecule has 15 heteroatoms. The molecule has 3 aliphatic rings. The van der Waals surface area contributed by atoms with Gasteiger partial charge in [-0.1, -0.05) is 0 Å². The van der Waals surface area contributed by atoms with E-state index in [0.29, 0.717) is 17.5 Å². The number of halogens is 3. The highest BCUT2D eigenvalue weighted by molar-refractivity contribution is 6.00. The van der Waals surface area contributed by atoms with Crippen LogP contribution in [-0.2, 0) is 16.1 Å². The zero-order valence-corrected chi connectivity index (χ0v) is 22.5. The Morgan fingerprint density at radius 1 is 1.12 bits per heavy atom. The van der Waals surface area contributed by atoms with E-state index < -0.39 is 54.4 Å². The maximum absolute atomic E-state index is 13.6. The van der Waals surface area contributed by atoms with Gasteiger partial charge in [0.1, 0.15) is 17.8 Å². The van der Waals surface area contributed by atoms with Gasteiger partial charge in [-0.25, -0.2) is 9.69 Å². The quantitative estimate of drug-likeness (QED) is 0.391. The molecule has 41 heavy (non-hydrogen) atoms. The number of likely N-dealkylation sites (tertiary alicyclic amines) is 1. The Kier molecular flexibility index (Phi) is 7.55. The zero-order chi connectivity index (χ0) is 29.6. The lowest BCUT2D eigenvalue weighted by atomic mass is 9.88. The first kappa shape index (κ1) is 28.6. The average molecular weight is 580 g/mol. The molecule has 1 saturated heterocycles. The van der Waals surface area contributed by atoms with Crippen LogP contribution in [0.3, 0.4) is 0 Å². The van der Waals surface area contributed by atoms with Crippen molar-refractivity contribution < 1.29 is 37.5 Å². The highest BCUT2D eigenvalue weighted by Gasteiger charge is 2.55. The first-order valence-electron chi connectivity index (χ1n) is 13.7. The van der Waals surface area contributed by atoms with Crippen LogP contribution in [0.1, 0.15) is 62.5 Å². The van der Waals surface area contributed by atoms with Crippen LogP contribution in [0, 0.1) is 23.7 Å². The number of carbonyl (C=O) groups is 4. The first-order valence-corrected chi connectivity index (χ1v) is 13.7. The minimum absolute atomic E-state index is 0.0400. The number of anilines is 1. The molecular formula is C26H32F3N7O5. The fourth-order valence-corrected chi connectivity index (χ4v) is 5.81. The van der Waals surface area contributed by atoms with Crippen molar-refractivity contribution >= 4 is 29.5 Å². The van der Waals surface area contributed by atoms with E-state index in [-0.39, 0.29) is 29.1 Å². The molecule has 2 aliphatic carbocycles. The fraction of sp³-hybridized carbons (Fsp3) is 0.615. The van der Waals surface area contributed by atoms with Crippen molar-refractivity contribution in [3.8, 4) is 0 Å². The van der Waals surface area contributed by atoms with Crippen LogP contribution in [0.4, 0.5) is 23.7 Å². The summed E-state index contributed by atoms with van der Waals surface area (Å²) in [6.07, 6.45) is 0.526. The minimum Gasteiger partial charge on any atom is -0.465 e. The summed E-state index contributed by atoms with van der Waals surface area (Å²) in [5.41, 5.74) is 0.574. The number of amides is 4. The van der Waals surface area contributed by atoms with E-state index >= 15 is 0 Å². The lowest BCUT2D eigenvalue weighted by Gasteiger charge is -2.27. The van der Waals surface area contributed by atoms with Gasteiger partial charge >= 0.3 is 12.3 Å². The lowest BCUT2D eigenvalue weighted by molar-refractivity contribution is -0.175. The molecule has 222 valence electrons. The highest BCUT2D eigenvalue weighted by Crippen LogP contribution is 2.51. The van der Waals surface area contributed by atoms with Gasteiger partial charge in [0.05, 0.1) is 24.3 Å². The van der Waals surface area contributed by atoms with Gasteiger partial charge < -0.3 is 15.7 Å². The molecule has 5 rings (SSSR count). The van der Waals surface area contributed by atoms with Gasteiger partial charge in [0.15, 0.2) is 0 Å². The molecular weight excluding hydrogens is 547 g/mol. The molecule has 4 amide bonds. The number of alkyl halides is 3. The number of aromatic nitrogens is 4. The van der Waals surface area contributed by atoms with E-state index in [1.54, 1.807) is 10.7 Å². The van der Waals surface area contributed by atoms with Crippen LogP contribution >= 0.6 is 0 Å². The molecule has 3 fully saturated rings. The third-order valence-electron chi connectivity index (χ3n) is 7.98. The van der Waals surface area contributed by atoms with E-state index in [1.807, 2.05) is 13.8 Å². The number of hydrogen-bond acceptors (Lipinski definition) is 6. The van der Waals surface area contributed by atoms with Gasteiger partial charge in [0.25, 0.3) is 5.91 Å². The van der Waals surface area contributed by atoms with Crippen molar-refractivity contribution in [2.75, 3.05) is 5.32 Å². The number of carbonyl (C=O) groups excluding carboxylic acids is 3. The Balaban J connectivity index is 1.29. The second kappa shape index (κ2) is 10.8. The summed E-state index contributed by atoms with van der Waals surface area (Å²) in [6, 6.07) is -1.72. The van der Waals surface area contributed by atoms with Crippen molar-refractivity contribution in [1.29, 1.82) is 0 Å². The van der Waals surface area contributed by atoms with Crippen LogP contribution in [-0.4, -0.2) is 71.6 Å². The van der Waals surface area contributed by atoms with Crippen molar-refractivity contribution in [3.05, 3.63) is 30.4 Å². The van der Waals surface area contributed by atoms with Crippen LogP contribution < -0.4 is 10.6 Å². The molecule has 3 atom stereocenters. The van der Waals surface area contributed by atoms with Crippen molar-refractivity contribution in [2.45, 2.75) is 76.8 Å². The molecule has 12 nitrogen and oxygen atoms in total. The fourth-order valence-electron chi connectivity index (χ4n) is 5.81. The third-order valence-corrected chi connectivity index (χ3v) is 7.98. The Hall–Kier alpha value is -3.91. The second-order valence-electron chi connectivity index (χ2n) is 11.4. The maximum Gasteiger partial charge on any atom is 0.414 e. The summed E-state index contributed by atoms with van der Waals surface area (Å²) in [4.78, 5) is 50.4. The summed E-state index contributed by atoms with van der Waals surface area (Å²) >= 11 is 0. The molecule has 0 spiro atoms. The summed E-state index contributed by atoms with van der Waals surface area (Å²) in [7, 11) is 0. The second-order valence-corrected chi connectivity index (χ2v) is 11.4. The van der Waals surface area contributed by atoms with E-state index in [4.69, 9.17) is 5.11 Å². The van der Waals surface area contributed by atoms with Gasteiger partial charge in [0, 0.05) is 18.4 Å². The molecule has 1 aliphatic heterocycles. The van der Waals surface area contributed by atoms with Gasteiger partial charge in [0.2, 0.25) is 11.8 Å². The topological polar surface area (TPSA) is 151 Å². The largest absolute Gasteiger partial charge is 0.465 e. The van der Waals surface area contributed by atoms with E-state index in [9.17, 15) is 32.3 Å². The first-order chi connectivity index (χ1) is 19.3. The number of nitrogens with one attached hydrogen (secondary N) is 2. The molecule has 3 heterocycles. The highest BCUT2D eigenvalue weighted by atomic mass is 19.4. The number of hydrogen-bond donors (Lipinski definition) is 3. The predicted molar refractivity (Wildman–Crippen MR) is 136 cm³/mol. The Morgan fingerprint density at radius 2 is 1.78 bits per heavy atom. The Labute approximate surface area is 233 Å². The molecule has 2 aromatic rings. The zero-order valence-electron chi connectivity index (χ0n) is 22.5. The van der Waals surface area contributed by atoms with Gasteiger partial charge in [-0.15, -0.1) is 0 Å². The van der Waals surface area contributed by atoms with Crippen molar-refractivity contribution in [2.24, 2.45) is 23.7 Å². The standard InChI is InChI=1S/C26H32F3N7O5/c1-13(2)36-18(7-8-30-36)22(37)33-21(20(14-3-4-14)15-5-6-15)23(38)32-17-10-31-34(12-17)11-16-9-19(26(27,28)29)35(24(16)39)25(40)41/h7-8,10,12-16,19-21H,3-6,9,11H2,1-2H3,(H,32,38)(H,33,37)(H,40,41)/t16-,19+,21-/m0/s1. The normalized spacial score (nSPS) is 21.9. The van der Waals surface area contributed by atoms with Crippen LogP contribution in [0.15, 0.2) is 24.7 Å². The molecule has 0 radical (unpaired) electrons. The van der Waals surface area contributed by atoms with E-state index in [0.717, 1.165) is 25.7 Å². The molecule has 3 N–H and O–H groups in total. The smallest absolute Gasteiger partial charge is 0.414 e. The summed E-state index contributed by atoms with van der Waals surface area (Å²) in [6.45, 7) is 3.49. The lowest BCUT2D eigenvalue weighted by Crippen LogP contribution is -2.50. The number of nitrogens with zero attached hydrogens (tertiary/aromatic N) is 5. The monoisotopic (exact) mass is 579 g/mol. The van der Waals surface area contributed by atoms with Crippen molar-refractivity contribution in [3.63, 3.8) is 0 Å². The Morgan fingerprint density at radius 3 is 2.32 bits per heavy atom. The Bertz CT molecular complexity index is 1320. The third kappa shape index (κ3) is 6.07. The van der Waals surface area contributed by atoms with E-state index in [1.165, 1.54) is 23.3 Å². The number of carboxylic acid groups (broad SMARTS) is 1. The van der Waals surface area contributed by atoms with E-state index in [2.05, 4.69) is 20.8 Å². The summed E-state index contributed by atoms with van der Waals surface area (Å²) < 4.78 is 42.8. The molecule has 2 aromatic heterocycles. The van der Waals surface area contributed by atoms with Crippen LogP contribution in [0.25, 0.3) is 0 Å². The number of imide groups is 1. The molecule has 2 saturated carbocycles. The van der Waals surface area contributed by atoms with Crippen LogP contribution in [0.2, 0.25) is 0 Å². The van der Waals surface area contributed by atoms with Gasteiger partial charge in [-0.2, -0.15) is 23.4 Å². The van der Waals surface area contributed by atoms with Gasteiger partial charge in [-0.3, -0.25) is 23.7 Å². The average Bonchev–Trinajstić information content (AvgIpc) is 3.78.